The molecule has 0 aromatic rings. The standard InChI is InChI=1S/C12H22N2O3/c1-16-10-3-2-6-14(9-10)11(15)12(13)4-7-17-8-5-12/h10H,2-9,13H2,1H3. The molecule has 1 amide bonds. The summed E-state index contributed by atoms with van der Waals surface area (Å²) in [6.07, 6.45) is 3.44. The fourth-order valence-corrected chi connectivity index (χ4v) is 2.58. The van der Waals surface area contributed by atoms with Gasteiger partial charge in [-0.3, -0.25) is 4.79 Å². The maximum Gasteiger partial charge on any atom is 0.242 e. The molecule has 2 saturated heterocycles. The van der Waals surface area contributed by atoms with Crippen molar-refractivity contribution in [2.75, 3.05) is 33.4 Å². The first-order valence-electron chi connectivity index (χ1n) is 6.34. The van der Waals surface area contributed by atoms with Crippen molar-refractivity contribution in [3.63, 3.8) is 0 Å². The van der Waals surface area contributed by atoms with Gasteiger partial charge >= 0.3 is 0 Å². The second kappa shape index (κ2) is 5.33. The molecule has 0 radical (unpaired) electrons. The van der Waals surface area contributed by atoms with E-state index in [0.29, 0.717) is 32.6 Å². The predicted molar refractivity (Wildman–Crippen MR) is 63.6 cm³/mol. The maximum absolute atomic E-state index is 12.4. The van der Waals surface area contributed by atoms with E-state index in [4.69, 9.17) is 15.2 Å². The molecular weight excluding hydrogens is 220 g/mol. The number of carbonyl (C=O) groups is 1. The van der Waals surface area contributed by atoms with Gasteiger partial charge in [0.05, 0.1) is 11.6 Å². The summed E-state index contributed by atoms with van der Waals surface area (Å²) < 4.78 is 10.6. The van der Waals surface area contributed by atoms with Crippen LogP contribution in [0.2, 0.25) is 0 Å². The number of piperidine rings is 1. The first-order valence-corrected chi connectivity index (χ1v) is 6.34. The third-order valence-electron chi connectivity index (χ3n) is 3.81. The van der Waals surface area contributed by atoms with E-state index < -0.39 is 5.54 Å². The summed E-state index contributed by atoms with van der Waals surface area (Å²) in [5.41, 5.74) is 5.49. The minimum Gasteiger partial charge on any atom is -0.381 e. The fraction of sp³-hybridized carbons (Fsp3) is 0.917. The van der Waals surface area contributed by atoms with E-state index in [-0.39, 0.29) is 12.0 Å². The van der Waals surface area contributed by atoms with Crippen LogP contribution in [0, 0.1) is 0 Å². The maximum atomic E-state index is 12.4. The molecule has 0 spiro atoms. The van der Waals surface area contributed by atoms with E-state index in [9.17, 15) is 4.79 Å². The average molecular weight is 242 g/mol. The molecular formula is C12H22N2O3. The highest BCUT2D eigenvalue weighted by molar-refractivity contribution is 5.86. The highest BCUT2D eigenvalue weighted by atomic mass is 16.5. The Kier molecular flexibility index (Phi) is 4.01. The van der Waals surface area contributed by atoms with Gasteiger partial charge in [-0.1, -0.05) is 0 Å². The number of hydrogen-bond donors (Lipinski definition) is 1. The van der Waals surface area contributed by atoms with Crippen molar-refractivity contribution in [1.82, 2.24) is 4.90 Å². The molecule has 0 saturated carbocycles. The molecule has 98 valence electrons. The summed E-state index contributed by atoms with van der Waals surface area (Å²) in [5, 5.41) is 0. The van der Waals surface area contributed by atoms with Crippen LogP contribution in [0.4, 0.5) is 0 Å². The number of nitrogens with zero attached hydrogens (tertiary/aromatic N) is 1. The van der Waals surface area contributed by atoms with Gasteiger partial charge in [-0.05, 0) is 25.7 Å². The molecule has 0 bridgehead atoms. The van der Waals surface area contributed by atoms with Crippen LogP contribution < -0.4 is 5.73 Å². The van der Waals surface area contributed by atoms with Crippen molar-refractivity contribution in [3.8, 4) is 0 Å². The largest absolute Gasteiger partial charge is 0.381 e. The zero-order valence-electron chi connectivity index (χ0n) is 10.5. The molecule has 5 heteroatoms. The fourth-order valence-electron chi connectivity index (χ4n) is 2.58. The Morgan fingerprint density at radius 2 is 2.18 bits per heavy atom. The predicted octanol–water partition coefficient (Wildman–Crippen LogP) is 0.132. The lowest BCUT2D eigenvalue weighted by molar-refractivity contribution is -0.144. The van der Waals surface area contributed by atoms with Crippen LogP contribution in [0.1, 0.15) is 25.7 Å². The summed E-state index contributed by atoms with van der Waals surface area (Å²) in [6.45, 7) is 2.65. The molecule has 2 aliphatic rings. The van der Waals surface area contributed by atoms with Crippen LogP contribution in [0.25, 0.3) is 0 Å². The topological polar surface area (TPSA) is 64.8 Å². The third kappa shape index (κ3) is 2.78. The molecule has 2 aliphatic heterocycles. The van der Waals surface area contributed by atoms with Crippen molar-refractivity contribution < 1.29 is 14.3 Å². The lowest BCUT2D eigenvalue weighted by Crippen LogP contribution is -2.60. The van der Waals surface area contributed by atoms with Gasteiger partial charge in [0.25, 0.3) is 0 Å². The van der Waals surface area contributed by atoms with Crippen molar-refractivity contribution in [3.05, 3.63) is 0 Å². The first kappa shape index (κ1) is 12.8. The zero-order chi connectivity index (χ0) is 12.3. The van der Waals surface area contributed by atoms with Crippen molar-refractivity contribution in [1.29, 1.82) is 0 Å². The molecule has 17 heavy (non-hydrogen) atoms. The van der Waals surface area contributed by atoms with E-state index in [2.05, 4.69) is 0 Å². The monoisotopic (exact) mass is 242 g/mol. The quantitative estimate of drug-likeness (QED) is 0.747. The van der Waals surface area contributed by atoms with Gasteiger partial charge in [-0.2, -0.15) is 0 Å². The molecule has 1 atom stereocenters. The Labute approximate surface area is 102 Å². The molecule has 2 heterocycles. The van der Waals surface area contributed by atoms with Crippen LogP contribution in [-0.2, 0) is 14.3 Å². The number of ether oxygens (including phenoxy) is 2. The zero-order valence-corrected chi connectivity index (χ0v) is 10.5. The molecule has 5 nitrogen and oxygen atoms in total. The van der Waals surface area contributed by atoms with Gasteiger partial charge in [0.1, 0.15) is 0 Å². The number of amides is 1. The van der Waals surface area contributed by atoms with Crippen molar-refractivity contribution in [2.24, 2.45) is 5.73 Å². The van der Waals surface area contributed by atoms with Crippen LogP contribution >= 0.6 is 0 Å². The number of methoxy groups -OCH3 is 1. The number of nitrogens with two attached hydrogens (primary N) is 1. The van der Waals surface area contributed by atoms with Gasteiger partial charge in [0.2, 0.25) is 5.91 Å². The van der Waals surface area contributed by atoms with E-state index in [1.165, 1.54) is 0 Å². The van der Waals surface area contributed by atoms with Crippen LogP contribution in [-0.4, -0.2) is 55.9 Å². The van der Waals surface area contributed by atoms with E-state index in [1.54, 1.807) is 7.11 Å². The number of carbonyl (C=O) groups excluding carboxylic acids is 1. The first-order chi connectivity index (χ1) is 8.15. The van der Waals surface area contributed by atoms with E-state index >= 15 is 0 Å². The van der Waals surface area contributed by atoms with Crippen LogP contribution in [0.15, 0.2) is 0 Å². The van der Waals surface area contributed by atoms with Gasteiger partial charge in [0.15, 0.2) is 0 Å². The lowest BCUT2D eigenvalue weighted by Gasteiger charge is -2.40. The van der Waals surface area contributed by atoms with E-state index in [0.717, 1.165) is 19.4 Å². The molecule has 0 aromatic heterocycles. The van der Waals surface area contributed by atoms with Gasteiger partial charge in [0, 0.05) is 33.4 Å². The number of likely N-dealkylation sites (tertiary alicyclic amines) is 1. The summed E-state index contributed by atoms with van der Waals surface area (Å²) in [4.78, 5) is 14.3. The smallest absolute Gasteiger partial charge is 0.242 e. The molecule has 0 aromatic carbocycles. The molecule has 2 N–H and O–H groups in total. The highest BCUT2D eigenvalue weighted by Gasteiger charge is 2.40. The molecule has 2 rings (SSSR count). The third-order valence-corrected chi connectivity index (χ3v) is 3.81. The minimum absolute atomic E-state index is 0.0718. The highest BCUT2D eigenvalue weighted by Crippen LogP contribution is 2.23. The Morgan fingerprint density at radius 3 is 2.82 bits per heavy atom. The average Bonchev–Trinajstić information content (AvgIpc) is 2.39. The summed E-state index contributed by atoms with van der Waals surface area (Å²) >= 11 is 0. The molecule has 0 aliphatic carbocycles. The Morgan fingerprint density at radius 1 is 1.47 bits per heavy atom. The minimum atomic E-state index is -0.714. The summed E-state index contributed by atoms with van der Waals surface area (Å²) in [7, 11) is 1.70. The van der Waals surface area contributed by atoms with Crippen molar-refractivity contribution >= 4 is 5.91 Å². The number of rotatable bonds is 2. The normalized spacial score (nSPS) is 29.1. The Bertz CT molecular complexity index is 277. The van der Waals surface area contributed by atoms with Gasteiger partial charge in [-0.15, -0.1) is 0 Å². The SMILES string of the molecule is COC1CCCN(C(=O)C2(N)CCOCC2)C1. The second-order valence-corrected chi connectivity index (χ2v) is 5.02. The summed E-state index contributed by atoms with van der Waals surface area (Å²) in [5.74, 6) is 0.0718. The second-order valence-electron chi connectivity index (χ2n) is 5.02. The van der Waals surface area contributed by atoms with Gasteiger partial charge < -0.3 is 20.1 Å². The Balaban J connectivity index is 1.98. The van der Waals surface area contributed by atoms with Crippen LogP contribution in [0.3, 0.4) is 0 Å². The molecule has 2 fully saturated rings. The van der Waals surface area contributed by atoms with Crippen molar-refractivity contribution in [2.45, 2.75) is 37.3 Å². The van der Waals surface area contributed by atoms with Gasteiger partial charge in [-0.25, -0.2) is 0 Å². The van der Waals surface area contributed by atoms with E-state index in [1.807, 2.05) is 4.90 Å². The summed E-state index contributed by atoms with van der Waals surface area (Å²) in [6, 6.07) is 0. The Hall–Kier alpha value is -0.650. The van der Waals surface area contributed by atoms with Crippen LogP contribution in [0.5, 0.6) is 0 Å². The molecule has 1 unspecified atom stereocenters. The number of hydrogen-bond acceptors (Lipinski definition) is 4. The lowest BCUT2D eigenvalue weighted by atomic mass is 9.89.